The molecule has 158 valence electrons. The lowest BCUT2D eigenvalue weighted by atomic mass is 9.80. The van der Waals surface area contributed by atoms with Gasteiger partial charge in [0.25, 0.3) is 0 Å². The largest absolute Gasteiger partial charge is 0.450 e. The minimum Gasteiger partial charge on any atom is -0.450 e. The molecule has 0 aromatic heterocycles. The molecule has 2 rings (SSSR count). The number of nitrogens with one attached hydrogen (secondary N) is 1. The van der Waals surface area contributed by atoms with Gasteiger partial charge in [-0.1, -0.05) is 13.8 Å². The summed E-state index contributed by atoms with van der Waals surface area (Å²) in [7, 11) is -3.37. The van der Waals surface area contributed by atoms with Gasteiger partial charge >= 0.3 is 6.09 Å². The van der Waals surface area contributed by atoms with E-state index in [0.717, 1.165) is 37.9 Å². The lowest BCUT2D eigenvalue weighted by molar-refractivity contribution is -0.0171. The van der Waals surface area contributed by atoms with Crippen molar-refractivity contribution in [3.05, 3.63) is 0 Å². The zero-order chi connectivity index (χ0) is 20.2. The first kappa shape index (κ1) is 22.4. The van der Waals surface area contributed by atoms with Gasteiger partial charge in [-0.15, -0.1) is 0 Å². The average molecular weight is 405 g/mol. The van der Waals surface area contributed by atoms with E-state index in [0.29, 0.717) is 25.6 Å². The molecule has 7 nitrogen and oxygen atoms in total. The van der Waals surface area contributed by atoms with Crippen LogP contribution in [-0.4, -0.2) is 63.1 Å². The summed E-state index contributed by atoms with van der Waals surface area (Å²) in [5.41, 5.74) is 0. The molecule has 1 saturated carbocycles. The summed E-state index contributed by atoms with van der Waals surface area (Å²) in [5.74, 6) is 1.45. The van der Waals surface area contributed by atoms with Crippen LogP contribution in [0.2, 0.25) is 0 Å². The third kappa shape index (κ3) is 6.32. The number of amides is 1. The van der Waals surface area contributed by atoms with Crippen LogP contribution in [0, 0.1) is 11.8 Å². The van der Waals surface area contributed by atoms with E-state index >= 15 is 0 Å². The van der Waals surface area contributed by atoms with Gasteiger partial charge in [-0.05, 0) is 57.8 Å². The number of hydrogen-bond acceptors (Lipinski definition) is 5. The predicted molar refractivity (Wildman–Crippen MR) is 105 cm³/mol. The van der Waals surface area contributed by atoms with Crippen molar-refractivity contribution in [1.29, 1.82) is 0 Å². The van der Waals surface area contributed by atoms with Gasteiger partial charge in [0.15, 0.2) is 0 Å². The zero-order valence-corrected chi connectivity index (χ0v) is 18.1. The molecule has 0 aromatic rings. The van der Waals surface area contributed by atoms with Crippen molar-refractivity contribution >= 4 is 16.1 Å². The zero-order valence-electron chi connectivity index (χ0n) is 17.3. The van der Waals surface area contributed by atoms with Gasteiger partial charge in [0.05, 0.1) is 31.6 Å². The van der Waals surface area contributed by atoms with Crippen LogP contribution in [0.3, 0.4) is 0 Å². The maximum absolute atomic E-state index is 12.4. The number of carbonyl (C=O) groups is 1. The smallest absolute Gasteiger partial charge is 0.410 e. The van der Waals surface area contributed by atoms with Gasteiger partial charge in [-0.3, -0.25) is 4.90 Å². The predicted octanol–water partition coefficient (Wildman–Crippen LogP) is 2.75. The molecule has 27 heavy (non-hydrogen) atoms. The summed E-state index contributed by atoms with van der Waals surface area (Å²) in [6.07, 6.45) is 5.85. The minimum absolute atomic E-state index is 0.103. The molecule has 0 radical (unpaired) electrons. The summed E-state index contributed by atoms with van der Waals surface area (Å²) in [5, 5.41) is 0. The van der Waals surface area contributed by atoms with Crippen LogP contribution in [0.4, 0.5) is 4.79 Å². The number of hydrogen-bond donors (Lipinski definition) is 1. The fourth-order valence-electron chi connectivity index (χ4n) is 4.43. The Bertz CT molecular complexity index is 587. The topological polar surface area (TPSA) is 84.9 Å². The van der Waals surface area contributed by atoms with E-state index in [1.54, 1.807) is 11.8 Å². The van der Waals surface area contributed by atoms with Crippen molar-refractivity contribution in [3.8, 4) is 0 Å². The number of carbonyl (C=O) groups excluding carboxylic acids is 1. The maximum Gasteiger partial charge on any atom is 0.410 e. The molecule has 1 N–H and O–H groups in total. The third-order valence-electron chi connectivity index (χ3n) is 5.90. The highest BCUT2D eigenvalue weighted by molar-refractivity contribution is 7.88. The average Bonchev–Trinajstić information content (AvgIpc) is 2.86. The van der Waals surface area contributed by atoms with Crippen molar-refractivity contribution in [2.45, 2.75) is 84.0 Å². The lowest BCUT2D eigenvalue weighted by Crippen LogP contribution is -2.50. The van der Waals surface area contributed by atoms with Crippen LogP contribution in [0.15, 0.2) is 0 Å². The van der Waals surface area contributed by atoms with Gasteiger partial charge in [0, 0.05) is 12.1 Å². The van der Waals surface area contributed by atoms with Gasteiger partial charge in [-0.25, -0.2) is 17.9 Å². The molecule has 2 aliphatic rings. The molecule has 1 amide bonds. The summed E-state index contributed by atoms with van der Waals surface area (Å²) in [6.45, 7) is 8.84. The van der Waals surface area contributed by atoms with E-state index in [4.69, 9.17) is 9.47 Å². The van der Waals surface area contributed by atoms with E-state index in [-0.39, 0.29) is 24.2 Å². The summed E-state index contributed by atoms with van der Waals surface area (Å²) in [6, 6.07) is -0.809. The lowest BCUT2D eigenvalue weighted by Gasteiger charge is -2.34. The van der Waals surface area contributed by atoms with Crippen LogP contribution in [0.25, 0.3) is 0 Å². The van der Waals surface area contributed by atoms with E-state index in [1.807, 2.05) is 6.92 Å². The Labute approximate surface area is 164 Å². The monoisotopic (exact) mass is 404 g/mol. The quantitative estimate of drug-likeness (QED) is 0.705. The summed E-state index contributed by atoms with van der Waals surface area (Å²) >= 11 is 0. The van der Waals surface area contributed by atoms with Crippen LogP contribution >= 0.6 is 0 Å². The number of sulfonamides is 1. The van der Waals surface area contributed by atoms with Crippen molar-refractivity contribution in [2.75, 3.05) is 19.5 Å². The van der Waals surface area contributed by atoms with Gasteiger partial charge < -0.3 is 9.47 Å². The van der Waals surface area contributed by atoms with Crippen LogP contribution in [0.5, 0.6) is 0 Å². The van der Waals surface area contributed by atoms with Crippen LogP contribution in [0.1, 0.15) is 59.8 Å². The summed E-state index contributed by atoms with van der Waals surface area (Å²) < 4.78 is 37.6. The first-order valence-corrected chi connectivity index (χ1v) is 12.1. The molecule has 8 heteroatoms. The molecule has 0 aromatic carbocycles. The molecule has 1 aliphatic carbocycles. The molecule has 2 fully saturated rings. The Morgan fingerprint density at radius 1 is 1.22 bits per heavy atom. The molecular formula is C19H36N2O5S. The Morgan fingerprint density at radius 3 is 2.37 bits per heavy atom. The second-order valence-electron chi connectivity index (χ2n) is 8.37. The third-order valence-corrected chi connectivity index (χ3v) is 6.63. The Hall–Kier alpha value is -0.860. The van der Waals surface area contributed by atoms with E-state index < -0.39 is 16.1 Å². The fraction of sp³-hybridized carbons (Fsp3) is 0.947. The first-order chi connectivity index (χ1) is 12.6. The fourth-order valence-corrected chi connectivity index (χ4v) is 5.23. The SMILES string of the molecule is CCOC(=O)N1[C@H](COC2CCC(C(C)C)CC2)[C@H](NS(C)(=O)=O)C[C@@H]1C. The number of likely N-dealkylation sites (tertiary alicyclic amines) is 1. The van der Waals surface area contributed by atoms with Crippen LogP contribution in [-0.2, 0) is 19.5 Å². The highest BCUT2D eigenvalue weighted by Gasteiger charge is 2.44. The standard InChI is InChI=1S/C19H36N2O5S/c1-6-25-19(22)21-14(4)11-17(20-27(5,23)24)18(21)12-26-16-9-7-15(8-10-16)13(2)3/h13-18,20H,6-12H2,1-5H3/t14-,15?,16?,17+,18+/m0/s1. The van der Waals surface area contributed by atoms with Gasteiger partial charge in [0.1, 0.15) is 0 Å². The minimum atomic E-state index is -3.37. The molecule has 3 atom stereocenters. The normalized spacial score (nSPS) is 32.1. The second kappa shape index (κ2) is 9.56. The maximum atomic E-state index is 12.4. The Morgan fingerprint density at radius 2 is 1.85 bits per heavy atom. The molecule has 0 bridgehead atoms. The Kier molecular flexibility index (Phi) is 7.94. The number of nitrogens with zero attached hydrogens (tertiary/aromatic N) is 1. The molecule has 1 heterocycles. The molecule has 0 unspecified atom stereocenters. The second-order valence-corrected chi connectivity index (χ2v) is 10.1. The number of rotatable bonds is 7. The van der Waals surface area contributed by atoms with E-state index in [1.165, 1.54) is 0 Å². The molecule has 0 spiro atoms. The highest BCUT2D eigenvalue weighted by atomic mass is 32.2. The number of ether oxygens (including phenoxy) is 2. The van der Waals surface area contributed by atoms with Gasteiger partial charge in [-0.2, -0.15) is 0 Å². The molecular weight excluding hydrogens is 368 g/mol. The van der Waals surface area contributed by atoms with E-state index in [9.17, 15) is 13.2 Å². The van der Waals surface area contributed by atoms with Gasteiger partial charge in [0.2, 0.25) is 10.0 Å². The van der Waals surface area contributed by atoms with Crippen molar-refractivity contribution in [1.82, 2.24) is 9.62 Å². The van der Waals surface area contributed by atoms with Crippen molar-refractivity contribution < 1.29 is 22.7 Å². The van der Waals surface area contributed by atoms with E-state index in [2.05, 4.69) is 18.6 Å². The summed E-state index contributed by atoms with van der Waals surface area (Å²) in [4.78, 5) is 14.1. The highest BCUT2D eigenvalue weighted by Crippen LogP contribution is 2.32. The molecule has 1 aliphatic heterocycles. The van der Waals surface area contributed by atoms with Crippen LogP contribution < -0.4 is 4.72 Å². The Balaban J connectivity index is 2.01. The molecule has 1 saturated heterocycles. The first-order valence-electron chi connectivity index (χ1n) is 10.2. The van der Waals surface area contributed by atoms with Crippen molar-refractivity contribution in [2.24, 2.45) is 11.8 Å². The van der Waals surface area contributed by atoms with Crippen molar-refractivity contribution in [3.63, 3.8) is 0 Å².